The van der Waals surface area contributed by atoms with Crippen LogP contribution >= 0.6 is 31.9 Å². The molecule has 0 aromatic heterocycles. The van der Waals surface area contributed by atoms with Crippen LogP contribution in [0, 0.1) is 0 Å². The second kappa shape index (κ2) is 5.03. The average Bonchev–Trinajstić information content (AvgIpc) is 2.03. The van der Waals surface area contributed by atoms with Gasteiger partial charge in [-0.15, -0.1) is 0 Å². The Kier molecular flexibility index (Phi) is 4.30. The molecule has 0 saturated heterocycles. The Morgan fingerprint density at radius 3 is 2.58 bits per heavy atom. The minimum absolute atomic E-state index is 1.13. The fourth-order valence-corrected chi connectivity index (χ4v) is 2.34. The molecule has 0 atom stereocenters. The molecule has 0 bridgehead atoms. The topological polar surface area (TPSA) is 0 Å². The SMILES string of the molecule is CCCCc1ccc(Br)cc1Br. The number of rotatable bonds is 3. The zero-order chi connectivity index (χ0) is 8.97. The van der Waals surface area contributed by atoms with Gasteiger partial charge in [0.2, 0.25) is 0 Å². The molecule has 0 aliphatic heterocycles. The van der Waals surface area contributed by atoms with E-state index in [-0.39, 0.29) is 0 Å². The highest BCUT2D eigenvalue weighted by Gasteiger charge is 1.98. The first kappa shape index (κ1) is 10.3. The predicted octanol–water partition coefficient (Wildman–Crippen LogP) is 4.55. The van der Waals surface area contributed by atoms with Crippen molar-refractivity contribution >= 4 is 31.9 Å². The van der Waals surface area contributed by atoms with Gasteiger partial charge in [-0.25, -0.2) is 0 Å². The summed E-state index contributed by atoms with van der Waals surface area (Å²) in [5, 5.41) is 0. The van der Waals surface area contributed by atoms with Crippen LogP contribution in [0.25, 0.3) is 0 Å². The number of halogens is 2. The molecule has 0 aliphatic carbocycles. The third-order valence-corrected chi connectivity index (χ3v) is 3.05. The number of benzene rings is 1. The second-order valence-corrected chi connectivity index (χ2v) is 4.61. The molecule has 0 saturated carbocycles. The van der Waals surface area contributed by atoms with Crippen LogP contribution in [0.2, 0.25) is 0 Å². The van der Waals surface area contributed by atoms with Crippen LogP contribution < -0.4 is 0 Å². The molecule has 1 aromatic rings. The van der Waals surface area contributed by atoms with Crippen LogP contribution in [-0.2, 0) is 6.42 Å². The zero-order valence-corrected chi connectivity index (χ0v) is 10.3. The van der Waals surface area contributed by atoms with Crippen molar-refractivity contribution < 1.29 is 0 Å². The standard InChI is InChI=1S/C10H12Br2/c1-2-3-4-8-5-6-9(11)7-10(8)12/h5-7H,2-4H2,1H3. The van der Waals surface area contributed by atoms with E-state index in [1.54, 1.807) is 0 Å². The van der Waals surface area contributed by atoms with Gasteiger partial charge in [0.25, 0.3) is 0 Å². The summed E-state index contributed by atoms with van der Waals surface area (Å²) in [6.45, 7) is 2.22. The van der Waals surface area contributed by atoms with Crippen molar-refractivity contribution in [1.82, 2.24) is 0 Å². The summed E-state index contributed by atoms with van der Waals surface area (Å²) in [7, 11) is 0. The van der Waals surface area contributed by atoms with Crippen molar-refractivity contribution in [3.05, 3.63) is 32.7 Å². The Morgan fingerprint density at radius 1 is 1.25 bits per heavy atom. The first-order valence-corrected chi connectivity index (χ1v) is 5.76. The van der Waals surface area contributed by atoms with Gasteiger partial charge in [-0.05, 0) is 30.5 Å². The smallest absolute Gasteiger partial charge is 0.0218 e. The molecule has 0 radical (unpaired) electrons. The summed E-state index contributed by atoms with van der Waals surface area (Å²) < 4.78 is 2.35. The summed E-state index contributed by atoms with van der Waals surface area (Å²) in [4.78, 5) is 0. The molecule has 2 heteroatoms. The lowest BCUT2D eigenvalue weighted by Gasteiger charge is -2.03. The number of hydrogen-bond donors (Lipinski definition) is 0. The van der Waals surface area contributed by atoms with Crippen LogP contribution in [0.15, 0.2) is 27.1 Å². The van der Waals surface area contributed by atoms with Gasteiger partial charge in [-0.1, -0.05) is 51.3 Å². The van der Waals surface area contributed by atoms with E-state index in [2.05, 4.69) is 57.0 Å². The van der Waals surface area contributed by atoms with E-state index in [4.69, 9.17) is 0 Å². The molecule has 1 aromatic carbocycles. The Balaban J connectivity index is 2.72. The third-order valence-electron chi connectivity index (χ3n) is 1.81. The maximum absolute atomic E-state index is 3.55. The lowest BCUT2D eigenvalue weighted by molar-refractivity contribution is 0.792. The van der Waals surface area contributed by atoms with E-state index in [0.29, 0.717) is 0 Å². The van der Waals surface area contributed by atoms with Crippen LogP contribution in [0.3, 0.4) is 0 Å². The molecule has 0 fully saturated rings. The van der Waals surface area contributed by atoms with Crippen molar-refractivity contribution in [3.63, 3.8) is 0 Å². The molecule has 0 nitrogen and oxygen atoms in total. The van der Waals surface area contributed by atoms with Gasteiger partial charge in [0.15, 0.2) is 0 Å². The van der Waals surface area contributed by atoms with E-state index >= 15 is 0 Å². The van der Waals surface area contributed by atoms with E-state index in [1.165, 1.54) is 29.3 Å². The fourth-order valence-electron chi connectivity index (χ4n) is 1.09. The summed E-state index contributed by atoms with van der Waals surface area (Å²) in [6, 6.07) is 6.37. The first-order chi connectivity index (χ1) is 5.74. The highest BCUT2D eigenvalue weighted by atomic mass is 79.9. The quantitative estimate of drug-likeness (QED) is 0.766. The lowest BCUT2D eigenvalue weighted by Crippen LogP contribution is -1.85. The van der Waals surface area contributed by atoms with Crippen molar-refractivity contribution in [2.24, 2.45) is 0 Å². The van der Waals surface area contributed by atoms with Gasteiger partial charge in [-0.2, -0.15) is 0 Å². The normalized spacial score (nSPS) is 10.2. The first-order valence-electron chi connectivity index (χ1n) is 4.18. The summed E-state index contributed by atoms with van der Waals surface area (Å²) in [6.07, 6.45) is 3.69. The Bertz CT molecular complexity index is 256. The minimum Gasteiger partial charge on any atom is -0.0654 e. The molecular weight excluding hydrogens is 280 g/mol. The largest absolute Gasteiger partial charge is 0.0654 e. The van der Waals surface area contributed by atoms with Crippen molar-refractivity contribution in [1.29, 1.82) is 0 Å². The van der Waals surface area contributed by atoms with Gasteiger partial charge >= 0.3 is 0 Å². The van der Waals surface area contributed by atoms with Gasteiger partial charge in [0, 0.05) is 8.95 Å². The zero-order valence-electron chi connectivity index (χ0n) is 7.11. The minimum atomic E-state index is 1.13. The number of unbranched alkanes of at least 4 members (excludes halogenated alkanes) is 1. The molecule has 0 amide bonds. The highest BCUT2D eigenvalue weighted by molar-refractivity contribution is 9.11. The maximum Gasteiger partial charge on any atom is 0.0218 e. The Hall–Kier alpha value is 0.180. The average molecular weight is 292 g/mol. The monoisotopic (exact) mass is 290 g/mol. The molecule has 0 spiro atoms. The maximum atomic E-state index is 3.55. The van der Waals surface area contributed by atoms with Crippen molar-refractivity contribution in [2.75, 3.05) is 0 Å². The number of aryl methyl sites for hydroxylation is 1. The summed E-state index contributed by atoms with van der Waals surface area (Å²) >= 11 is 6.98. The van der Waals surface area contributed by atoms with E-state index in [9.17, 15) is 0 Å². The van der Waals surface area contributed by atoms with Crippen molar-refractivity contribution in [2.45, 2.75) is 26.2 Å². The van der Waals surface area contributed by atoms with Gasteiger partial charge in [-0.3, -0.25) is 0 Å². The Labute approximate surface area is 90.6 Å². The third kappa shape index (κ3) is 2.91. The molecule has 0 heterocycles. The lowest BCUT2D eigenvalue weighted by atomic mass is 10.1. The molecule has 0 unspecified atom stereocenters. The molecular formula is C10H12Br2. The molecule has 12 heavy (non-hydrogen) atoms. The summed E-state index contributed by atoms with van der Waals surface area (Å²) in [5.41, 5.74) is 1.40. The van der Waals surface area contributed by atoms with Crippen LogP contribution in [-0.4, -0.2) is 0 Å². The van der Waals surface area contributed by atoms with Crippen molar-refractivity contribution in [3.8, 4) is 0 Å². The van der Waals surface area contributed by atoms with Crippen LogP contribution in [0.1, 0.15) is 25.3 Å². The molecule has 1 rings (SSSR count). The van der Waals surface area contributed by atoms with Gasteiger partial charge in [0.1, 0.15) is 0 Å². The molecule has 0 aliphatic rings. The van der Waals surface area contributed by atoms with Gasteiger partial charge < -0.3 is 0 Å². The summed E-state index contributed by atoms with van der Waals surface area (Å²) in [5.74, 6) is 0. The van der Waals surface area contributed by atoms with E-state index in [0.717, 1.165) is 4.47 Å². The van der Waals surface area contributed by atoms with Crippen LogP contribution in [0.4, 0.5) is 0 Å². The van der Waals surface area contributed by atoms with E-state index in [1.807, 2.05) is 0 Å². The second-order valence-electron chi connectivity index (χ2n) is 2.84. The van der Waals surface area contributed by atoms with Gasteiger partial charge in [0.05, 0.1) is 0 Å². The predicted molar refractivity (Wildman–Crippen MR) is 60.5 cm³/mol. The van der Waals surface area contributed by atoms with Crippen LogP contribution in [0.5, 0.6) is 0 Å². The fraction of sp³-hybridized carbons (Fsp3) is 0.400. The molecule has 0 N–H and O–H groups in total. The highest BCUT2D eigenvalue weighted by Crippen LogP contribution is 2.23. The molecule has 66 valence electrons. The number of hydrogen-bond acceptors (Lipinski definition) is 0. The Morgan fingerprint density at radius 2 is 2.00 bits per heavy atom. The van der Waals surface area contributed by atoms with E-state index < -0.39 is 0 Å².